The van der Waals surface area contributed by atoms with E-state index < -0.39 is 0 Å². The average Bonchev–Trinajstić information content (AvgIpc) is 3.04. The largest absolute Gasteiger partial charge is 0.366 e. The number of fused-ring (bicyclic) bond motifs is 1. The molecule has 0 bridgehead atoms. The van der Waals surface area contributed by atoms with Crippen LogP contribution in [0.5, 0.6) is 0 Å². The van der Waals surface area contributed by atoms with E-state index >= 15 is 0 Å². The number of pyridine rings is 2. The van der Waals surface area contributed by atoms with Crippen LogP contribution >= 0.6 is 0 Å². The highest BCUT2D eigenvalue weighted by Gasteiger charge is 2.07. The summed E-state index contributed by atoms with van der Waals surface area (Å²) in [7, 11) is 0. The van der Waals surface area contributed by atoms with Gasteiger partial charge < -0.3 is 10.3 Å². The maximum atomic E-state index is 13.7. The molecule has 0 atom stereocenters. The summed E-state index contributed by atoms with van der Waals surface area (Å²) in [6.45, 7) is 2.45. The van der Waals surface area contributed by atoms with Gasteiger partial charge in [0.15, 0.2) is 0 Å². The number of aromatic nitrogens is 3. The van der Waals surface area contributed by atoms with Crippen molar-refractivity contribution in [2.24, 2.45) is 0 Å². The molecular weight excluding hydrogens is 327 g/mol. The molecule has 0 amide bonds. The van der Waals surface area contributed by atoms with Gasteiger partial charge in [0.25, 0.3) is 0 Å². The van der Waals surface area contributed by atoms with E-state index in [-0.39, 0.29) is 5.82 Å². The normalized spacial score (nSPS) is 11.0. The maximum absolute atomic E-state index is 13.7. The minimum absolute atomic E-state index is 0.208. The topological polar surface area (TPSA) is 53.6 Å². The summed E-state index contributed by atoms with van der Waals surface area (Å²) in [4.78, 5) is 12.1. The van der Waals surface area contributed by atoms with Crippen molar-refractivity contribution >= 4 is 16.9 Å². The molecule has 26 heavy (non-hydrogen) atoms. The van der Waals surface area contributed by atoms with Crippen molar-refractivity contribution in [3.05, 3.63) is 89.1 Å². The van der Waals surface area contributed by atoms with Gasteiger partial charge in [-0.05, 0) is 41.8 Å². The van der Waals surface area contributed by atoms with Crippen molar-refractivity contribution < 1.29 is 4.39 Å². The Balaban J connectivity index is 1.45. The Hall–Kier alpha value is -3.21. The van der Waals surface area contributed by atoms with Crippen molar-refractivity contribution in [1.82, 2.24) is 15.0 Å². The summed E-state index contributed by atoms with van der Waals surface area (Å²) < 4.78 is 13.7. The number of nitrogens with zero attached hydrogens (tertiary/aromatic N) is 2. The first-order valence-corrected chi connectivity index (χ1v) is 8.54. The molecular formula is C21H19FN4. The minimum Gasteiger partial charge on any atom is -0.366 e. The second-order valence-electron chi connectivity index (χ2n) is 6.40. The van der Waals surface area contributed by atoms with Gasteiger partial charge in [-0.25, -0.2) is 14.4 Å². The zero-order chi connectivity index (χ0) is 17.9. The van der Waals surface area contributed by atoms with Gasteiger partial charge in [0.05, 0.1) is 0 Å². The van der Waals surface area contributed by atoms with E-state index in [1.807, 2.05) is 43.7 Å². The van der Waals surface area contributed by atoms with Crippen molar-refractivity contribution in [2.75, 3.05) is 5.32 Å². The van der Waals surface area contributed by atoms with Gasteiger partial charge in [-0.15, -0.1) is 0 Å². The quantitative estimate of drug-likeness (QED) is 0.555. The van der Waals surface area contributed by atoms with E-state index in [4.69, 9.17) is 0 Å². The minimum atomic E-state index is -0.208. The standard InChI is InChI=1S/C21H19FN4/c1-14-8-18-17(13-26-21(18)25-10-14)9-15-6-7-20(23-11-15)24-12-16-4-2-3-5-19(16)22/h2-8,10-11,13H,9,12H2,1H3,(H,23,24)(H,25,26). The third-order valence-electron chi connectivity index (χ3n) is 4.39. The van der Waals surface area contributed by atoms with E-state index in [0.29, 0.717) is 12.1 Å². The molecule has 0 unspecified atom stereocenters. The monoisotopic (exact) mass is 346 g/mol. The second-order valence-corrected chi connectivity index (χ2v) is 6.40. The van der Waals surface area contributed by atoms with Crippen LogP contribution in [0.3, 0.4) is 0 Å². The lowest BCUT2D eigenvalue weighted by Gasteiger charge is -2.07. The zero-order valence-corrected chi connectivity index (χ0v) is 14.5. The molecule has 0 spiro atoms. The maximum Gasteiger partial charge on any atom is 0.137 e. The van der Waals surface area contributed by atoms with Gasteiger partial charge in [-0.1, -0.05) is 24.3 Å². The number of aromatic amines is 1. The Morgan fingerprint density at radius 1 is 1.04 bits per heavy atom. The molecule has 3 aromatic heterocycles. The number of rotatable bonds is 5. The molecule has 0 radical (unpaired) electrons. The number of nitrogens with one attached hydrogen (secondary N) is 2. The van der Waals surface area contributed by atoms with Crippen molar-refractivity contribution in [3.8, 4) is 0 Å². The summed E-state index contributed by atoms with van der Waals surface area (Å²) in [6, 6.07) is 12.9. The fourth-order valence-electron chi connectivity index (χ4n) is 2.99. The van der Waals surface area contributed by atoms with Crippen LogP contribution < -0.4 is 5.32 Å². The molecule has 4 nitrogen and oxygen atoms in total. The van der Waals surface area contributed by atoms with Gasteiger partial charge in [-0.2, -0.15) is 0 Å². The first-order chi connectivity index (χ1) is 12.7. The Morgan fingerprint density at radius 2 is 1.92 bits per heavy atom. The summed E-state index contributed by atoms with van der Waals surface area (Å²) in [6.07, 6.45) is 6.50. The number of anilines is 1. The predicted molar refractivity (Wildman–Crippen MR) is 102 cm³/mol. The van der Waals surface area contributed by atoms with Crippen LogP contribution in [-0.2, 0) is 13.0 Å². The summed E-state index contributed by atoms with van der Waals surface area (Å²) in [5.41, 5.74) is 4.99. The molecule has 1 aromatic carbocycles. The molecule has 4 aromatic rings. The van der Waals surface area contributed by atoms with Gasteiger partial charge in [0, 0.05) is 42.5 Å². The molecule has 0 aliphatic rings. The first-order valence-electron chi connectivity index (χ1n) is 8.54. The van der Waals surface area contributed by atoms with E-state index in [1.54, 1.807) is 12.1 Å². The lowest BCUT2D eigenvalue weighted by Crippen LogP contribution is -2.03. The average molecular weight is 346 g/mol. The molecule has 0 saturated heterocycles. The van der Waals surface area contributed by atoms with Crippen LogP contribution in [0.2, 0.25) is 0 Å². The Morgan fingerprint density at radius 3 is 2.73 bits per heavy atom. The lowest BCUT2D eigenvalue weighted by atomic mass is 10.1. The highest BCUT2D eigenvalue weighted by atomic mass is 19.1. The summed E-state index contributed by atoms with van der Waals surface area (Å²) in [5, 5.41) is 4.30. The highest BCUT2D eigenvalue weighted by Crippen LogP contribution is 2.21. The fourth-order valence-corrected chi connectivity index (χ4v) is 2.99. The summed E-state index contributed by atoms with van der Waals surface area (Å²) in [5.74, 6) is 0.522. The molecule has 3 heterocycles. The number of benzene rings is 1. The molecule has 0 aliphatic heterocycles. The van der Waals surface area contributed by atoms with Crippen LogP contribution in [-0.4, -0.2) is 15.0 Å². The Labute approximate surface area is 151 Å². The molecule has 4 rings (SSSR count). The van der Waals surface area contributed by atoms with Crippen LogP contribution in [0.15, 0.2) is 61.1 Å². The fraction of sp³-hybridized carbons (Fsp3) is 0.143. The molecule has 0 fully saturated rings. The van der Waals surface area contributed by atoms with E-state index in [1.165, 1.54) is 11.6 Å². The zero-order valence-electron chi connectivity index (χ0n) is 14.5. The summed E-state index contributed by atoms with van der Waals surface area (Å²) >= 11 is 0. The van der Waals surface area contributed by atoms with Crippen molar-refractivity contribution in [3.63, 3.8) is 0 Å². The molecule has 5 heteroatoms. The predicted octanol–water partition coefficient (Wildman–Crippen LogP) is 4.61. The molecule has 0 saturated carbocycles. The van der Waals surface area contributed by atoms with Gasteiger partial charge in [-0.3, -0.25) is 0 Å². The Bertz CT molecular complexity index is 1040. The van der Waals surface area contributed by atoms with Gasteiger partial charge >= 0.3 is 0 Å². The van der Waals surface area contributed by atoms with Gasteiger partial charge in [0.2, 0.25) is 0 Å². The number of H-pyrrole nitrogens is 1. The third kappa shape index (κ3) is 3.42. The second kappa shape index (κ2) is 6.96. The van der Waals surface area contributed by atoms with Crippen LogP contribution in [0, 0.1) is 12.7 Å². The van der Waals surface area contributed by atoms with Crippen molar-refractivity contribution in [2.45, 2.75) is 19.9 Å². The van der Waals surface area contributed by atoms with Crippen LogP contribution in [0.1, 0.15) is 22.3 Å². The molecule has 2 N–H and O–H groups in total. The highest BCUT2D eigenvalue weighted by molar-refractivity contribution is 5.80. The van der Waals surface area contributed by atoms with E-state index in [0.717, 1.165) is 34.4 Å². The van der Waals surface area contributed by atoms with E-state index in [9.17, 15) is 4.39 Å². The van der Waals surface area contributed by atoms with Crippen molar-refractivity contribution in [1.29, 1.82) is 0 Å². The lowest BCUT2D eigenvalue weighted by molar-refractivity contribution is 0.613. The third-order valence-corrected chi connectivity index (χ3v) is 4.39. The van der Waals surface area contributed by atoms with E-state index in [2.05, 4.69) is 26.3 Å². The van der Waals surface area contributed by atoms with Crippen LogP contribution in [0.4, 0.5) is 10.2 Å². The molecule has 130 valence electrons. The number of hydrogen-bond acceptors (Lipinski definition) is 3. The number of aryl methyl sites for hydroxylation is 1. The van der Waals surface area contributed by atoms with Gasteiger partial charge in [0.1, 0.15) is 17.3 Å². The SMILES string of the molecule is Cc1cnc2[nH]cc(Cc3ccc(NCc4ccccc4F)nc3)c2c1. The number of halogens is 1. The number of hydrogen-bond donors (Lipinski definition) is 2. The first kappa shape index (κ1) is 16.3. The smallest absolute Gasteiger partial charge is 0.137 e. The van der Waals surface area contributed by atoms with Crippen LogP contribution in [0.25, 0.3) is 11.0 Å². The Kier molecular flexibility index (Phi) is 4.35. The molecule has 0 aliphatic carbocycles.